The SMILES string of the molecule is O=C1CC(=O)N(C(=O)Cc2c[nH]c3ccccc23)C(=S)N1/N=C/c1ccco1. The number of furan rings is 1. The quantitative estimate of drug-likeness (QED) is 0.416. The van der Waals surface area contributed by atoms with Gasteiger partial charge in [-0.25, -0.2) is 4.90 Å². The molecule has 1 aliphatic rings. The Balaban J connectivity index is 1.57. The van der Waals surface area contributed by atoms with Gasteiger partial charge in [0.15, 0.2) is 0 Å². The number of carbonyl (C=O) groups is 3. The molecule has 0 saturated carbocycles. The molecule has 0 aliphatic carbocycles. The molecule has 3 heterocycles. The molecule has 1 aliphatic heterocycles. The summed E-state index contributed by atoms with van der Waals surface area (Å²) in [7, 11) is 0. The summed E-state index contributed by atoms with van der Waals surface area (Å²) in [6, 6.07) is 10.8. The molecule has 0 atom stereocenters. The number of imide groups is 1. The van der Waals surface area contributed by atoms with Gasteiger partial charge in [0.1, 0.15) is 12.2 Å². The Morgan fingerprint density at radius 1 is 1.21 bits per heavy atom. The molecular formula is C19H14N4O4S. The summed E-state index contributed by atoms with van der Waals surface area (Å²) in [6.45, 7) is 0. The Morgan fingerprint density at radius 2 is 2.04 bits per heavy atom. The Kier molecular flexibility index (Phi) is 4.58. The number of aromatic nitrogens is 1. The van der Waals surface area contributed by atoms with E-state index in [1.807, 2.05) is 24.3 Å². The summed E-state index contributed by atoms with van der Waals surface area (Å²) in [5, 5.41) is 5.46. The van der Waals surface area contributed by atoms with Crippen molar-refractivity contribution in [3.05, 3.63) is 60.2 Å². The summed E-state index contributed by atoms with van der Waals surface area (Å²) < 4.78 is 5.12. The fourth-order valence-electron chi connectivity index (χ4n) is 2.95. The van der Waals surface area contributed by atoms with Gasteiger partial charge < -0.3 is 9.40 Å². The molecule has 0 spiro atoms. The van der Waals surface area contributed by atoms with E-state index in [0.717, 1.165) is 26.4 Å². The number of para-hydroxylation sites is 1. The number of nitrogens with one attached hydrogen (secondary N) is 1. The normalized spacial score (nSPS) is 15.2. The molecule has 1 fully saturated rings. The van der Waals surface area contributed by atoms with Crippen LogP contribution in [0, 0.1) is 0 Å². The van der Waals surface area contributed by atoms with Crippen LogP contribution in [0.25, 0.3) is 10.9 Å². The lowest BCUT2D eigenvalue weighted by molar-refractivity contribution is -0.146. The van der Waals surface area contributed by atoms with Crippen molar-refractivity contribution in [2.45, 2.75) is 12.8 Å². The van der Waals surface area contributed by atoms with Crippen LogP contribution in [0.2, 0.25) is 0 Å². The van der Waals surface area contributed by atoms with Crippen molar-refractivity contribution < 1.29 is 18.8 Å². The monoisotopic (exact) mass is 394 g/mol. The number of fused-ring (bicyclic) bond motifs is 1. The van der Waals surface area contributed by atoms with Crippen LogP contribution in [0.5, 0.6) is 0 Å². The van der Waals surface area contributed by atoms with E-state index in [1.54, 1.807) is 18.3 Å². The van der Waals surface area contributed by atoms with Crippen LogP contribution in [-0.2, 0) is 20.8 Å². The van der Waals surface area contributed by atoms with Gasteiger partial charge in [-0.05, 0) is 36.0 Å². The summed E-state index contributed by atoms with van der Waals surface area (Å²) >= 11 is 5.20. The van der Waals surface area contributed by atoms with Gasteiger partial charge in [0.25, 0.3) is 5.91 Å². The average Bonchev–Trinajstić information content (AvgIpc) is 3.31. The van der Waals surface area contributed by atoms with Crippen LogP contribution in [0.1, 0.15) is 17.7 Å². The maximum absolute atomic E-state index is 12.8. The molecule has 140 valence electrons. The lowest BCUT2D eigenvalue weighted by Crippen LogP contribution is -2.55. The van der Waals surface area contributed by atoms with Gasteiger partial charge in [0.2, 0.25) is 16.9 Å². The third kappa shape index (κ3) is 3.23. The molecule has 0 radical (unpaired) electrons. The predicted molar refractivity (Wildman–Crippen MR) is 104 cm³/mol. The van der Waals surface area contributed by atoms with Gasteiger partial charge in [-0.2, -0.15) is 10.1 Å². The van der Waals surface area contributed by atoms with E-state index in [1.165, 1.54) is 12.5 Å². The van der Waals surface area contributed by atoms with Crippen molar-refractivity contribution in [1.29, 1.82) is 0 Å². The third-order valence-corrected chi connectivity index (χ3v) is 4.63. The Bertz CT molecular complexity index is 1120. The molecular weight excluding hydrogens is 380 g/mol. The number of hydrogen-bond donors (Lipinski definition) is 1. The Labute approximate surface area is 164 Å². The van der Waals surface area contributed by atoms with Gasteiger partial charge in [0.05, 0.1) is 18.9 Å². The lowest BCUT2D eigenvalue weighted by atomic mass is 10.1. The van der Waals surface area contributed by atoms with E-state index in [0.29, 0.717) is 5.76 Å². The Hall–Kier alpha value is -3.59. The van der Waals surface area contributed by atoms with E-state index >= 15 is 0 Å². The number of H-pyrrole nitrogens is 1. The van der Waals surface area contributed by atoms with Gasteiger partial charge in [-0.1, -0.05) is 18.2 Å². The number of nitrogens with zero attached hydrogens (tertiary/aromatic N) is 3. The first-order valence-corrected chi connectivity index (χ1v) is 8.80. The Morgan fingerprint density at radius 3 is 2.82 bits per heavy atom. The molecule has 1 N–H and O–H groups in total. The van der Waals surface area contributed by atoms with E-state index in [4.69, 9.17) is 16.6 Å². The number of hydrazone groups is 1. The van der Waals surface area contributed by atoms with Gasteiger partial charge in [0, 0.05) is 17.1 Å². The number of aromatic amines is 1. The maximum atomic E-state index is 12.8. The van der Waals surface area contributed by atoms with E-state index in [9.17, 15) is 14.4 Å². The largest absolute Gasteiger partial charge is 0.463 e. The first-order chi connectivity index (χ1) is 13.5. The zero-order valence-corrected chi connectivity index (χ0v) is 15.3. The fraction of sp³-hybridized carbons (Fsp3) is 0.105. The van der Waals surface area contributed by atoms with Gasteiger partial charge in [-0.15, -0.1) is 0 Å². The summed E-state index contributed by atoms with van der Waals surface area (Å²) in [5.74, 6) is -1.38. The van der Waals surface area contributed by atoms with Crippen molar-refractivity contribution in [3.8, 4) is 0 Å². The molecule has 3 amide bonds. The van der Waals surface area contributed by atoms with Crippen LogP contribution in [0.15, 0.2) is 58.4 Å². The highest BCUT2D eigenvalue weighted by atomic mass is 32.1. The smallest absolute Gasteiger partial charge is 0.258 e. The van der Waals surface area contributed by atoms with E-state index in [-0.39, 0.29) is 11.5 Å². The highest BCUT2D eigenvalue weighted by Gasteiger charge is 2.39. The predicted octanol–water partition coefficient (Wildman–Crippen LogP) is 2.21. The molecule has 3 aromatic rings. The number of hydrogen-bond acceptors (Lipinski definition) is 6. The molecule has 28 heavy (non-hydrogen) atoms. The lowest BCUT2D eigenvalue weighted by Gasteiger charge is -2.30. The van der Waals surface area contributed by atoms with E-state index in [2.05, 4.69) is 10.1 Å². The first kappa shape index (κ1) is 17.8. The molecule has 8 nitrogen and oxygen atoms in total. The summed E-state index contributed by atoms with van der Waals surface area (Å²) in [5.41, 5.74) is 1.62. The third-order valence-electron chi connectivity index (χ3n) is 4.27. The zero-order valence-electron chi connectivity index (χ0n) is 14.5. The second-order valence-electron chi connectivity index (χ2n) is 6.08. The van der Waals surface area contributed by atoms with Gasteiger partial charge >= 0.3 is 0 Å². The van der Waals surface area contributed by atoms with Crippen LogP contribution in [0.4, 0.5) is 0 Å². The highest BCUT2D eigenvalue weighted by Crippen LogP contribution is 2.21. The zero-order chi connectivity index (χ0) is 19.7. The molecule has 0 unspecified atom stereocenters. The minimum Gasteiger partial charge on any atom is -0.463 e. The number of thiocarbonyl (C=S) groups is 1. The van der Waals surface area contributed by atoms with Gasteiger partial charge in [-0.3, -0.25) is 14.4 Å². The number of rotatable bonds is 4. The second kappa shape index (κ2) is 7.20. The average molecular weight is 394 g/mol. The van der Waals surface area contributed by atoms with Crippen molar-refractivity contribution in [2.24, 2.45) is 5.10 Å². The van der Waals surface area contributed by atoms with Crippen LogP contribution >= 0.6 is 12.2 Å². The van der Waals surface area contributed by atoms with Crippen molar-refractivity contribution >= 4 is 52.2 Å². The van der Waals surface area contributed by atoms with Crippen LogP contribution in [0.3, 0.4) is 0 Å². The number of carbonyl (C=O) groups excluding carboxylic acids is 3. The topological polar surface area (TPSA) is 99.0 Å². The highest BCUT2D eigenvalue weighted by molar-refractivity contribution is 7.80. The minimum absolute atomic E-state index is 0.0418. The fourth-order valence-corrected chi connectivity index (χ4v) is 3.30. The number of amides is 3. The van der Waals surface area contributed by atoms with Crippen molar-refractivity contribution in [1.82, 2.24) is 14.9 Å². The second-order valence-corrected chi connectivity index (χ2v) is 6.45. The molecule has 1 aromatic carbocycles. The molecule has 1 saturated heterocycles. The molecule has 0 bridgehead atoms. The summed E-state index contributed by atoms with van der Waals surface area (Å²) in [6.07, 6.45) is 3.94. The molecule has 2 aromatic heterocycles. The molecule has 4 rings (SSSR count). The van der Waals surface area contributed by atoms with Crippen molar-refractivity contribution in [2.75, 3.05) is 0 Å². The number of benzene rings is 1. The summed E-state index contributed by atoms with van der Waals surface area (Å²) in [4.78, 5) is 41.2. The molecule has 9 heteroatoms. The first-order valence-electron chi connectivity index (χ1n) is 8.40. The maximum Gasteiger partial charge on any atom is 0.258 e. The van der Waals surface area contributed by atoms with Crippen molar-refractivity contribution in [3.63, 3.8) is 0 Å². The van der Waals surface area contributed by atoms with Crippen LogP contribution in [-0.4, -0.2) is 43.9 Å². The van der Waals surface area contributed by atoms with E-state index < -0.39 is 24.1 Å². The van der Waals surface area contributed by atoms with Crippen LogP contribution < -0.4 is 0 Å². The minimum atomic E-state index is -0.663. The standard InChI is InChI=1S/C19H14N4O4S/c24-16(8-12-10-20-15-6-2-1-5-14(12)15)22-17(25)9-18(26)23(19(22)28)21-11-13-4-3-7-27-13/h1-7,10-11,20H,8-9H2/b21-11+.